The lowest BCUT2D eigenvalue weighted by atomic mass is 10.1. The number of aliphatic hydroxyl groups excluding tert-OH is 1. The number of fused-ring (bicyclic) bond motifs is 1. The van der Waals surface area contributed by atoms with Crippen LogP contribution >= 0.6 is 11.3 Å². The lowest BCUT2D eigenvalue weighted by Gasteiger charge is -2.29. The SMILES string of the molecule is O=C(Nc1cc2sc(N3CCOCC3)nc2nc1N1CCCCC1)c1coc(N2CC[C@H](O)C2)n1. The molecule has 3 aromatic heterocycles. The normalized spacial score (nSPS) is 21.2. The quantitative estimate of drug-likeness (QED) is 0.541. The number of anilines is 4. The van der Waals surface area contributed by atoms with E-state index in [0.717, 1.165) is 54.7 Å². The molecule has 3 aliphatic rings. The second kappa shape index (κ2) is 9.59. The number of carbonyl (C=O) groups is 1. The molecule has 0 saturated carbocycles. The van der Waals surface area contributed by atoms with Crippen LogP contribution in [-0.2, 0) is 4.74 Å². The minimum absolute atomic E-state index is 0.199. The summed E-state index contributed by atoms with van der Waals surface area (Å²) >= 11 is 1.58. The number of aromatic nitrogens is 3. The van der Waals surface area contributed by atoms with Crippen LogP contribution in [0.15, 0.2) is 16.7 Å². The molecule has 1 atom stereocenters. The Morgan fingerprint density at radius 1 is 1.03 bits per heavy atom. The molecule has 11 nitrogen and oxygen atoms in total. The van der Waals surface area contributed by atoms with Gasteiger partial charge in [0.1, 0.15) is 6.26 Å². The third kappa shape index (κ3) is 4.65. The highest BCUT2D eigenvalue weighted by atomic mass is 32.1. The number of piperidine rings is 1. The van der Waals surface area contributed by atoms with E-state index in [2.05, 4.69) is 20.1 Å². The van der Waals surface area contributed by atoms with Crippen LogP contribution in [0, 0.1) is 0 Å². The molecule has 3 aromatic rings. The molecule has 35 heavy (non-hydrogen) atoms. The summed E-state index contributed by atoms with van der Waals surface area (Å²) in [5.74, 6) is 0.396. The summed E-state index contributed by atoms with van der Waals surface area (Å²) in [5.41, 5.74) is 1.55. The van der Waals surface area contributed by atoms with E-state index in [-0.39, 0.29) is 11.6 Å². The van der Waals surface area contributed by atoms with E-state index in [0.29, 0.717) is 50.1 Å². The molecular weight excluding hydrogens is 470 g/mol. The van der Waals surface area contributed by atoms with Crippen molar-refractivity contribution in [2.75, 3.05) is 72.5 Å². The number of rotatable bonds is 5. The fourth-order valence-corrected chi connectivity index (χ4v) is 5.79. The zero-order chi connectivity index (χ0) is 23.8. The highest BCUT2D eigenvalue weighted by Gasteiger charge is 2.26. The molecule has 0 bridgehead atoms. The van der Waals surface area contributed by atoms with Gasteiger partial charge in [-0.25, -0.2) is 4.98 Å². The van der Waals surface area contributed by atoms with E-state index in [1.165, 1.54) is 12.7 Å². The number of nitrogens with one attached hydrogen (secondary N) is 1. The summed E-state index contributed by atoms with van der Waals surface area (Å²) in [6.07, 6.45) is 5.02. The average Bonchev–Trinajstić information content (AvgIpc) is 3.64. The van der Waals surface area contributed by atoms with Gasteiger partial charge in [-0.3, -0.25) is 4.79 Å². The van der Waals surface area contributed by atoms with Crippen LogP contribution < -0.4 is 20.0 Å². The number of β-amino-alcohol motifs (C(OH)–C–C–N with tert-alkyl or cyclic N) is 1. The Labute approximate surface area is 206 Å². The fourth-order valence-electron chi connectivity index (χ4n) is 4.79. The minimum atomic E-state index is -0.397. The first kappa shape index (κ1) is 22.5. The lowest BCUT2D eigenvalue weighted by Crippen LogP contribution is -2.36. The number of oxazole rings is 1. The van der Waals surface area contributed by atoms with Crippen molar-refractivity contribution in [3.8, 4) is 0 Å². The van der Waals surface area contributed by atoms with Gasteiger partial charge in [-0.05, 0) is 31.7 Å². The summed E-state index contributed by atoms with van der Waals surface area (Å²) in [4.78, 5) is 33.5. The van der Waals surface area contributed by atoms with Gasteiger partial charge in [-0.15, -0.1) is 0 Å². The molecule has 1 amide bonds. The Bertz CT molecular complexity index is 1200. The van der Waals surface area contributed by atoms with Gasteiger partial charge in [0.05, 0.1) is 29.7 Å². The summed E-state index contributed by atoms with van der Waals surface area (Å²) in [6, 6.07) is 2.33. The summed E-state index contributed by atoms with van der Waals surface area (Å²) in [7, 11) is 0. The van der Waals surface area contributed by atoms with Gasteiger partial charge in [0.25, 0.3) is 11.9 Å². The van der Waals surface area contributed by atoms with Crippen molar-refractivity contribution in [3.05, 3.63) is 18.0 Å². The van der Waals surface area contributed by atoms with Crippen LogP contribution in [0.2, 0.25) is 0 Å². The van der Waals surface area contributed by atoms with Crippen LogP contribution in [0.1, 0.15) is 36.2 Å². The average molecular weight is 500 g/mol. The summed E-state index contributed by atoms with van der Waals surface area (Å²) in [5, 5.41) is 13.7. The van der Waals surface area contributed by atoms with Crippen molar-refractivity contribution < 1.29 is 19.1 Å². The van der Waals surface area contributed by atoms with Crippen molar-refractivity contribution in [2.45, 2.75) is 31.8 Å². The second-order valence-corrected chi connectivity index (χ2v) is 10.2. The van der Waals surface area contributed by atoms with Crippen LogP contribution in [0.25, 0.3) is 10.3 Å². The van der Waals surface area contributed by atoms with Gasteiger partial charge >= 0.3 is 0 Å². The van der Waals surface area contributed by atoms with Crippen molar-refractivity contribution in [1.29, 1.82) is 0 Å². The highest BCUT2D eigenvalue weighted by Crippen LogP contribution is 2.35. The van der Waals surface area contributed by atoms with E-state index in [1.807, 2.05) is 11.0 Å². The van der Waals surface area contributed by atoms with Crippen molar-refractivity contribution in [3.63, 3.8) is 0 Å². The number of pyridine rings is 1. The second-order valence-electron chi connectivity index (χ2n) is 9.18. The Morgan fingerprint density at radius 2 is 1.86 bits per heavy atom. The van der Waals surface area contributed by atoms with E-state index in [9.17, 15) is 9.90 Å². The van der Waals surface area contributed by atoms with Crippen molar-refractivity contribution >= 4 is 50.2 Å². The number of morpholine rings is 1. The number of amides is 1. The zero-order valence-corrected chi connectivity index (χ0v) is 20.3. The number of ether oxygens (including phenoxy) is 1. The zero-order valence-electron chi connectivity index (χ0n) is 19.5. The van der Waals surface area contributed by atoms with Crippen LogP contribution in [0.4, 0.5) is 22.7 Å². The third-order valence-electron chi connectivity index (χ3n) is 6.70. The van der Waals surface area contributed by atoms with Gasteiger partial charge in [0.15, 0.2) is 22.3 Å². The van der Waals surface area contributed by atoms with Crippen LogP contribution in [0.3, 0.4) is 0 Å². The van der Waals surface area contributed by atoms with E-state index >= 15 is 0 Å². The summed E-state index contributed by atoms with van der Waals surface area (Å²) < 4.78 is 11.9. The molecule has 0 spiro atoms. The van der Waals surface area contributed by atoms with Gasteiger partial charge in [0, 0.05) is 39.3 Å². The number of hydrogen-bond donors (Lipinski definition) is 2. The smallest absolute Gasteiger partial charge is 0.298 e. The maximum absolute atomic E-state index is 13.1. The maximum Gasteiger partial charge on any atom is 0.298 e. The first-order valence-corrected chi connectivity index (χ1v) is 13.0. The number of thiazole rings is 1. The van der Waals surface area contributed by atoms with Crippen LogP contribution in [-0.4, -0.2) is 84.6 Å². The molecule has 3 aliphatic heterocycles. The van der Waals surface area contributed by atoms with E-state index in [1.54, 1.807) is 11.3 Å². The Kier molecular flexibility index (Phi) is 6.17. The number of nitrogens with zero attached hydrogens (tertiary/aromatic N) is 6. The number of hydrogen-bond acceptors (Lipinski definition) is 11. The molecule has 0 aromatic carbocycles. The standard InChI is InChI=1S/C23H29N7O4S/c31-15-4-7-30(13-15)22-25-17(14-34-22)21(32)24-16-12-18-19(26-20(16)28-5-2-1-3-6-28)27-23(35-18)29-8-10-33-11-9-29/h12,14-15,31H,1-11,13H2,(H,24,32)/t15-/m0/s1. The number of aliphatic hydroxyl groups is 1. The third-order valence-corrected chi connectivity index (χ3v) is 7.75. The molecule has 6 heterocycles. The molecule has 0 unspecified atom stereocenters. The van der Waals surface area contributed by atoms with Crippen LogP contribution in [0.5, 0.6) is 0 Å². The van der Waals surface area contributed by atoms with E-state index in [4.69, 9.17) is 19.1 Å². The Morgan fingerprint density at radius 3 is 2.63 bits per heavy atom. The number of carbonyl (C=O) groups excluding carboxylic acids is 1. The molecule has 6 rings (SSSR count). The van der Waals surface area contributed by atoms with Gasteiger partial charge in [-0.2, -0.15) is 9.97 Å². The van der Waals surface area contributed by atoms with Gasteiger partial charge < -0.3 is 34.3 Å². The first-order valence-electron chi connectivity index (χ1n) is 12.2. The van der Waals surface area contributed by atoms with Gasteiger partial charge in [0.2, 0.25) is 0 Å². The fraction of sp³-hybridized carbons (Fsp3) is 0.565. The Balaban J connectivity index is 1.29. The lowest BCUT2D eigenvalue weighted by molar-refractivity contribution is 0.102. The predicted molar refractivity (Wildman–Crippen MR) is 134 cm³/mol. The molecule has 0 aliphatic carbocycles. The van der Waals surface area contributed by atoms with E-state index < -0.39 is 6.10 Å². The molecule has 2 N–H and O–H groups in total. The van der Waals surface area contributed by atoms with Crippen molar-refractivity contribution in [1.82, 2.24) is 15.0 Å². The topological polar surface area (TPSA) is 120 Å². The largest absolute Gasteiger partial charge is 0.431 e. The highest BCUT2D eigenvalue weighted by molar-refractivity contribution is 7.22. The monoisotopic (exact) mass is 499 g/mol. The first-order chi connectivity index (χ1) is 17.1. The predicted octanol–water partition coefficient (Wildman–Crippen LogP) is 2.33. The molecule has 3 saturated heterocycles. The maximum atomic E-state index is 13.1. The molecular formula is C23H29N7O4S. The van der Waals surface area contributed by atoms with Gasteiger partial charge in [-0.1, -0.05) is 11.3 Å². The minimum Gasteiger partial charge on any atom is -0.431 e. The van der Waals surface area contributed by atoms with Crippen molar-refractivity contribution in [2.24, 2.45) is 0 Å². The molecule has 12 heteroatoms. The summed E-state index contributed by atoms with van der Waals surface area (Å²) in [6.45, 7) is 5.91. The Hall–Kier alpha value is -2.96. The molecule has 186 valence electrons. The molecule has 0 radical (unpaired) electrons. The molecule has 3 fully saturated rings.